The van der Waals surface area contributed by atoms with Crippen molar-refractivity contribution in [1.29, 1.82) is 0 Å². The van der Waals surface area contributed by atoms with Gasteiger partial charge in [-0.15, -0.1) is 0 Å². The number of rotatable bonds is 3. The Morgan fingerprint density at radius 2 is 1.43 bits per heavy atom. The van der Waals surface area contributed by atoms with Crippen LogP contribution in [-0.2, 0) is 62.0 Å². The number of allylic oxidation sites excluding steroid dienone is 1. The van der Waals surface area contributed by atoms with Crippen molar-refractivity contribution in [2.24, 2.45) is 5.92 Å². The van der Waals surface area contributed by atoms with Crippen LogP contribution in [0.4, 0.5) is 5.82 Å². The molecular weight excluding hydrogens is 909 g/mol. The second-order valence-corrected chi connectivity index (χ2v) is 27.8. The van der Waals surface area contributed by atoms with E-state index in [0.717, 1.165) is 0 Å². The first-order valence-electron chi connectivity index (χ1n) is 20.6. The first kappa shape index (κ1) is 44.9. The number of nitrogens with zero attached hydrogens (tertiary/aromatic N) is 9. The predicted octanol–water partition coefficient (Wildman–Crippen LogP) is 5.89. The molecule has 3 fully saturated rings. The normalized spacial score (nSPS) is 32.0. The maximum Gasteiger partial charge on any atom is 0.325 e. The first-order valence-corrected chi connectivity index (χ1v) is 28.7. The maximum atomic E-state index is 14.3. The van der Waals surface area contributed by atoms with E-state index in [4.69, 9.17) is 65.6 Å². The highest BCUT2D eigenvalue weighted by Gasteiger charge is 2.55. The number of aromatic nitrogens is 8. The molecule has 1 aromatic carbocycles. The van der Waals surface area contributed by atoms with E-state index in [1.807, 2.05) is 25.1 Å². The van der Waals surface area contributed by atoms with E-state index >= 15 is 0 Å². The van der Waals surface area contributed by atoms with E-state index in [0.29, 0.717) is 35.3 Å². The summed E-state index contributed by atoms with van der Waals surface area (Å²) in [5.74, 6) is -0.537. The molecule has 0 radical (unpaired) electrons. The van der Waals surface area contributed by atoms with Crippen molar-refractivity contribution in [1.82, 2.24) is 39.0 Å². The molecule has 63 heavy (non-hydrogen) atoms. The van der Waals surface area contributed by atoms with Gasteiger partial charge in [-0.25, -0.2) is 29.9 Å². The van der Waals surface area contributed by atoms with Gasteiger partial charge < -0.3 is 37.3 Å². The lowest BCUT2D eigenvalue weighted by Crippen LogP contribution is -2.50. The number of imidazole rings is 2. The van der Waals surface area contributed by atoms with Crippen molar-refractivity contribution in [3.63, 3.8) is 0 Å². The van der Waals surface area contributed by atoms with Gasteiger partial charge >= 0.3 is 13.4 Å². The minimum absolute atomic E-state index is 0.145. The number of benzene rings is 1. The molecule has 5 aromatic rings. The van der Waals surface area contributed by atoms with E-state index in [9.17, 15) is 14.6 Å². The molecule has 24 heteroatoms. The van der Waals surface area contributed by atoms with Crippen LogP contribution in [0.1, 0.15) is 62.6 Å². The van der Waals surface area contributed by atoms with E-state index in [1.54, 1.807) is 39.7 Å². The molecular formula is C39H49N9O10P2S2Si. The number of hydrogen-bond donors (Lipinski definition) is 2. The van der Waals surface area contributed by atoms with E-state index < -0.39 is 70.6 Å². The van der Waals surface area contributed by atoms with E-state index in [2.05, 4.69) is 53.8 Å². The molecule has 3 saturated heterocycles. The third-order valence-electron chi connectivity index (χ3n) is 12.4. The van der Waals surface area contributed by atoms with Gasteiger partial charge in [0.05, 0.1) is 37.7 Å². The van der Waals surface area contributed by atoms with E-state index in [1.165, 1.54) is 23.9 Å². The molecule has 4 aromatic heterocycles. The number of anilines is 1. The van der Waals surface area contributed by atoms with Crippen LogP contribution >= 0.6 is 13.4 Å². The maximum absolute atomic E-state index is 14.3. The van der Waals surface area contributed by atoms with Crippen LogP contribution in [0.3, 0.4) is 0 Å². The van der Waals surface area contributed by atoms with Gasteiger partial charge in [0.15, 0.2) is 43.4 Å². The molecule has 10 rings (SSSR count). The van der Waals surface area contributed by atoms with Gasteiger partial charge in [0, 0.05) is 18.0 Å². The molecule has 10 unspecified atom stereocenters. The standard InChI is InChI=1S/C39H49N9O10P2S2Si/c1-23-26-17-52-60(51,62)57-32-31(58-63(5,6)39(2,3)4)27-18-53-59(50,61)56-30(23)37(54-26)47-21-44-28-25(40-19-41-33(28)47)15-11-8-12-16-46(36(49)24-13-9-7-10-14-24)34-29-35(43-20-42-34)48(22-45-29)38(32)55-27/h7-10,12-14,19-23,26-27,30-32,37-38H,11,15-18H2,1-6H3,(H,50,61)(H,51,62). The number of aryl methyl sites for hydroxylation is 1. The summed E-state index contributed by atoms with van der Waals surface area (Å²) in [6.07, 6.45) is 4.06. The third kappa shape index (κ3) is 8.76. The Labute approximate surface area is 374 Å². The lowest BCUT2D eigenvalue weighted by molar-refractivity contribution is -0.0610. The highest BCUT2D eigenvalue weighted by Crippen LogP contribution is 2.56. The molecule has 14 bridgehead atoms. The van der Waals surface area contributed by atoms with Crippen LogP contribution in [-0.4, -0.2) is 113 Å². The monoisotopic (exact) mass is 957 g/mol. The van der Waals surface area contributed by atoms with Gasteiger partial charge in [0.2, 0.25) is 0 Å². The lowest BCUT2D eigenvalue weighted by Gasteiger charge is -2.41. The Balaban J connectivity index is 1.22. The number of hydrogen-bond acceptors (Lipinski definition) is 16. The van der Waals surface area contributed by atoms with Gasteiger partial charge in [-0.1, -0.05) is 58.0 Å². The Morgan fingerprint density at radius 1 is 0.825 bits per heavy atom. The molecule has 0 aliphatic carbocycles. The zero-order chi connectivity index (χ0) is 44.5. The number of amides is 1. The van der Waals surface area contributed by atoms with Gasteiger partial charge in [0.1, 0.15) is 42.6 Å². The van der Waals surface area contributed by atoms with Gasteiger partial charge in [0.25, 0.3) is 5.91 Å². The number of ether oxygens (including phenoxy) is 2. The highest BCUT2D eigenvalue weighted by molar-refractivity contribution is 8.07. The predicted molar refractivity (Wildman–Crippen MR) is 240 cm³/mol. The molecule has 10 atom stereocenters. The fourth-order valence-corrected chi connectivity index (χ4v) is 12.2. The van der Waals surface area contributed by atoms with Crippen LogP contribution in [0.2, 0.25) is 18.1 Å². The third-order valence-corrected chi connectivity index (χ3v) is 20.0. The zero-order valence-corrected chi connectivity index (χ0v) is 39.8. The van der Waals surface area contributed by atoms with Crippen LogP contribution < -0.4 is 4.90 Å². The molecule has 5 aliphatic heterocycles. The van der Waals surface area contributed by atoms with Crippen molar-refractivity contribution >= 4 is 79.4 Å². The quantitative estimate of drug-likeness (QED) is 0.123. The van der Waals surface area contributed by atoms with Crippen molar-refractivity contribution in [3.05, 3.63) is 79.1 Å². The summed E-state index contributed by atoms with van der Waals surface area (Å²) in [5, 5.41) is -0.287. The molecule has 2 N–H and O–H groups in total. The second-order valence-electron chi connectivity index (χ2n) is 17.5. The minimum atomic E-state index is -4.14. The van der Waals surface area contributed by atoms with E-state index in [-0.39, 0.29) is 47.7 Å². The molecule has 19 nitrogen and oxygen atoms in total. The highest BCUT2D eigenvalue weighted by atomic mass is 32.5. The molecule has 9 heterocycles. The molecule has 0 spiro atoms. The smallest absolute Gasteiger partial charge is 0.325 e. The van der Waals surface area contributed by atoms with Crippen molar-refractivity contribution in [2.75, 3.05) is 24.7 Å². The van der Waals surface area contributed by atoms with Crippen molar-refractivity contribution in [2.45, 2.75) is 102 Å². The Morgan fingerprint density at radius 3 is 2.13 bits per heavy atom. The summed E-state index contributed by atoms with van der Waals surface area (Å²) in [7, 11) is -2.67. The Kier molecular flexibility index (Phi) is 12.2. The van der Waals surface area contributed by atoms with Crippen molar-refractivity contribution in [3.8, 4) is 0 Å². The fraction of sp³-hybridized carbons (Fsp3) is 0.513. The minimum Gasteiger partial charge on any atom is -0.408 e. The van der Waals surface area contributed by atoms with Crippen LogP contribution in [0, 0.1) is 5.92 Å². The Hall–Kier alpha value is -3.31. The number of fused-ring (bicyclic) bond motifs is 10. The van der Waals surface area contributed by atoms with Gasteiger partial charge in [-0.3, -0.25) is 23.4 Å². The SMILES string of the molecule is CC1C2COP(O)(=S)OC3C(O[Si](C)(C)C(C)(C)C)C4COP(O)(=S)OC1C(O2)n1cnc2c(ncnc21)CCC=CCN(C(=O)c1ccccc1)c1ncnc2c1ncn2C3O4. The average molecular weight is 958 g/mol. The first-order chi connectivity index (χ1) is 29.9. The summed E-state index contributed by atoms with van der Waals surface area (Å²) in [4.78, 5) is 67.5. The van der Waals surface area contributed by atoms with Crippen LogP contribution in [0.25, 0.3) is 22.3 Å². The molecule has 1 amide bonds. The van der Waals surface area contributed by atoms with Gasteiger partial charge in [-0.05, 0) is 66.7 Å². The molecule has 0 saturated carbocycles. The summed E-state index contributed by atoms with van der Waals surface area (Å²) >= 11 is 11.5. The zero-order valence-electron chi connectivity index (χ0n) is 35.4. The lowest BCUT2D eigenvalue weighted by atomic mass is 10.0. The number of carbonyl (C=O) groups excluding carboxylic acids is 1. The molecule has 5 aliphatic rings. The number of carbonyl (C=O) groups is 1. The van der Waals surface area contributed by atoms with Crippen molar-refractivity contribution < 1.29 is 46.6 Å². The fourth-order valence-electron chi connectivity index (χ4n) is 7.97. The summed E-state index contributed by atoms with van der Waals surface area (Å²) < 4.78 is 49.0. The molecule has 336 valence electrons. The summed E-state index contributed by atoms with van der Waals surface area (Å²) in [6.45, 7) is 3.68. The van der Waals surface area contributed by atoms with Gasteiger partial charge in [-0.2, -0.15) is 0 Å². The van der Waals surface area contributed by atoms with Crippen LogP contribution in [0.5, 0.6) is 0 Å². The summed E-state index contributed by atoms with van der Waals surface area (Å²) in [6, 6.07) is 8.90. The summed E-state index contributed by atoms with van der Waals surface area (Å²) in [5.41, 5.74) is 2.71. The van der Waals surface area contributed by atoms with Crippen LogP contribution in [0.15, 0.2) is 67.8 Å². The second kappa shape index (κ2) is 17.2. The topological polar surface area (TPSA) is 213 Å². The largest absolute Gasteiger partial charge is 0.408 e. The average Bonchev–Trinajstić information content (AvgIpc) is 4.01. The Bertz CT molecular complexity index is 2650.